The van der Waals surface area contributed by atoms with Gasteiger partial charge >= 0.3 is 0 Å². The van der Waals surface area contributed by atoms with E-state index in [9.17, 15) is 14.0 Å². The van der Waals surface area contributed by atoms with Gasteiger partial charge in [0.05, 0.1) is 13.0 Å². The van der Waals surface area contributed by atoms with E-state index in [-0.39, 0.29) is 30.7 Å². The van der Waals surface area contributed by atoms with E-state index in [0.717, 1.165) is 12.8 Å². The number of nitrogens with one attached hydrogen (secondary N) is 2. The Hall–Kier alpha value is -2.11. The van der Waals surface area contributed by atoms with Gasteiger partial charge in [-0.3, -0.25) is 9.59 Å². The van der Waals surface area contributed by atoms with Crippen LogP contribution < -0.4 is 15.4 Å². The first-order valence-corrected chi connectivity index (χ1v) is 8.03. The van der Waals surface area contributed by atoms with E-state index in [0.29, 0.717) is 25.1 Å². The van der Waals surface area contributed by atoms with Crippen molar-refractivity contribution in [2.24, 2.45) is 0 Å². The van der Waals surface area contributed by atoms with Crippen LogP contribution in [-0.4, -0.2) is 30.5 Å². The quantitative estimate of drug-likeness (QED) is 0.808. The van der Waals surface area contributed by atoms with Crippen LogP contribution in [0.4, 0.5) is 4.39 Å². The van der Waals surface area contributed by atoms with E-state index in [1.807, 2.05) is 6.92 Å². The van der Waals surface area contributed by atoms with Gasteiger partial charge < -0.3 is 15.4 Å². The first kappa shape index (κ1) is 17.2. The molecule has 2 amide bonds. The highest BCUT2D eigenvalue weighted by molar-refractivity contribution is 5.91. The predicted octanol–water partition coefficient (Wildman–Crippen LogP) is 2.16. The molecule has 1 aliphatic rings. The third-order valence-electron chi connectivity index (χ3n) is 4.02. The molecule has 0 aromatic heterocycles. The number of hydrogen-bond acceptors (Lipinski definition) is 3. The second kappa shape index (κ2) is 7.94. The van der Waals surface area contributed by atoms with Crippen molar-refractivity contribution in [1.82, 2.24) is 10.6 Å². The number of benzene rings is 1. The van der Waals surface area contributed by atoms with Crippen molar-refractivity contribution in [3.8, 4) is 5.75 Å². The molecular formula is C17H23FN2O3. The smallest absolute Gasteiger partial charge is 0.245 e. The maximum atomic E-state index is 12.8. The number of amides is 2. The molecule has 1 saturated carbocycles. The molecule has 6 heteroatoms. The normalized spacial score (nSPS) is 15.9. The number of carbonyl (C=O) groups is 2. The minimum absolute atomic E-state index is 0.106. The lowest BCUT2D eigenvalue weighted by atomic mass is 9.96. The van der Waals surface area contributed by atoms with Gasteiger partial charge in [0.1, 0.15) is 17.1 Å². The molecule has 2 N–H and O–H groups in total. The Labute approximate surface area is 135 Å². The van der Waals surface area contributed by atoms with Crippen LogP contribution in [0.5, 0.6) is 5.75 Å². The zero-order valence-electron chi connectivity index (χ0n) is 13.4. The molecule has 0 bridgehead atoms. The summed E-state index contributed by atoms with van der Waals surface area (Å²) in [6, 6.07) is 5.64. The van der Waals surface area contributed by atoms with E-state index in [1.54, 1.807) is 0 Å². The molecule has 0 unspecified atom stereocenters. The van der Waals surface area contributed by atoms with E-state index in [2.05, 4.69) is 10.6 Å². The third kappa shape index (κ3) is 4.68. The fourth-order valence-corrected chi connectivity index (χ4v) is 2.84. The third-order valence-corrected chi connectivity index (χ3v) is 4.02. The largest absolute Gasteiger partial charge is 0.493 e. The van der Waals surface area contributed by atoms with Crippen LogP contribution in [0.2, 0.25) is 0 Å². The monoisotopic (exact) mass is 322 g/mol. The van der Waals surface area contributed by atoms with Gasteiger partial charge in [-0.05, 0) is 44.0 Å². The summed E-state index contributed by atoms with van der Waals surface area (Å²) in [5, 5.41) is 5.68. The van der Waals surface area contributed by atoms with Gasteiger partial charge in [0.15, 0.2) is 0 Å². The number of halogens is 1. The molecule has 1 fully saturated rings. The van der Waals surface area contributed by atoms with Crippen molar-refractivity contribution < 1.29 is 18.7 Å². The molecule has 0 saturated heterocycles. The highest BCUT2D eigenvalue weighted by atomic mass is 19.1. The Morgan fingerprint density at radius 3 is 2.48 bits per heavy atom. The zero-order valence-corrected chi connectivity index (χ0v) is 13.4. The van der Waals surface area contributed by atoms with Crippen LogP contribution in [0.3, 0.4) is 0 Å². The molecule has 23 heavy (non-hydrogen) atoms. The highest BCUT2D eigenvalue weighted by Gasteiger charge is 2.41. The average Bonchev–Trinajstić information content (AvgIpc) is 2.99. The molecule has 0 spiro atoms. The predicted molar refractivity (Wildman–Crippen MR) is 84.5 cm³/mol. The number of ether oxygens (including phenoxy) is 1. The minimum Gasteiger partial charge on any atom is -0.493 e. The van der Waals surface area contributed by atoms with Crippen molar-refractivity contribution in [2.75, 3.05) is 13.2 Å². The maximum Gasteiger partial charge on any atom is 0.245 e. The Bertz CT molecular complexity index is 539. The summed E-state index contributed by atoms with van der Waals surface area (Å²) in [5.41, 5.74) is -0.775. The Morgan fingerprint density at radius 2 is 1.87 bits per heavy atom. The summed E-state index contributed by atoms with van der Waals surface area (Å²) < 4.78 is 18.2. The van der Waals surface area contributed by atoms with E-state index in [1.165, 1.54) is 24.3 Å². The molecule has 1 aromatic rings. The fourth-order valence-electron chi connectivity index (χ4n) is 2.84. The van der Waals surface area contributed by atoms with Crippen LogP contribution >= 0.6 is 0 Å². The van der Waals surface area contributed by atoms with Gasteiger partial charge in [0, 0.05) is 6.54 Å². The molecule has 0 atom stereocenters. The molecular weight excluding hydrogens is 299 g/mol. The zero-order chi connectivity index (χ0) is 16.7. The van der Waals surface area contributed by atoms with Crippen LogP contribution in [-0.2, 0) is 9.59 Å². The Kier molecular flexibility index (Phi) is 5.96. The average molecular weight is 322 g/mol. The maximum absolute atomic E-state index is 12.8. The lowest BCUT2D eigenvalue weighted by Crippen LogP contribution is -2.57. The van der Waals surface area contributed by atoms with Gasteiger partial charge in [-0.2, -0.15) is 0 Å². The lowest BCUT2D eigenvalue weighted by molar-refractivity contribution is -0.133. The molecule has 0 aliphatic heterocycles. The topological polar surface area (TPSA) is 67.4 Å². The molecule has 5 nitrogen and oxygen atoms in total. The molecule has 2 rings (SSSR count). The molecule has 0 heterocycles. The summed E-state index contributed by atoms with van der Waals surface area (Å²) in [6.07, 6.45) is 3.36. The summed E-state index contributed by atoms with van der Waals surface area (Å²) in [6.45, 7) is 2.59. The van der Waals surface area contributed by atoms with Crippen molar-refractivity contribution >= 4 is 11.8 Å². The van der Waals surface area contributed by atoms with Crippen LogP contribution in [0.25, 0.3) is 0 Å². The van der Waals surface area contributed by atoms with Crippen molar-refractivity contribution in [2.45, 2.75) is 44.6 Å². The van der Waals surface area contributed by atoms with Crippen molar-refractivity contribution in [3.05, 3.63) is 30.1 Å². The van der Waals surface area contributed by atoms with E-state index < -0.39 is 5.54 Å². The van der Waals surface area contributed by atoms with E-state index >= 15 is 0 Å². The van der Waals surface area contributed by atoms with Gasteiger partial charge in [-0.15, -0.1) is 0 Å². The van der Waals surface area contributed by atoms with Crippen LogP contribution in [0, 0.1) is 5.82 Å². The molecule has 0 radical (unpaired) electrons. The van der Waals surface area contributed by atoms with Gasteiger partial charge in [-0.1, -0.05) is 12.8 Å². The molecule has 1 aliphatic carbocycles. The SMILES string of the molecule is CCNC(=O)C1(NC(=O)CCOc2ccc(F)cc2)CCCC1. The molecule has 126 valence electrons. The van der Waals surface area contributed by atoms with Gasteiger partial charge in [-0.25, -0.2) is 4.39 Å². The van der Waals surface area contributed by atoms with Gasteiger partial charge in [0.25, 0.3) is 0 Å². The number of carbonyl (C=O) groups excluding carboxylic acids is 2. The Morgan fingerprint density at radius 1 is 1.22 bits per heavy atom. The van der Waals surface area contributed by atoms with Crippen molar-refractivity contribution in [3.63, 3.8) is 0 Å². The highest BCUT2D eigenvalue weighted by Crippen LogP contribution is 2.30. The summed E-state index contributed by atoms with van der Waals surface area (Å²) in [5.74, 6) is -0.135. The second-order valence-electron chi connectivity index (χ2n) is 5.75. The first-order valence-electron chi connectivity index (χ1n) is 8.03. The summed E-state index contributed by atoms with van der Waals surface area (Å²) >= 11 is 0. The minimum atomic E-state index is -0.775. The number of hydrogen-bond donors (Lipinski definition) is 2. The molecule has 1 aromatic carbocycles. The van der Waals surface area contributed by atoms with Gasteiger partial charge in [0.2, 0.25) is 11.8 Å². The number of rotatable bonds is 7. The van der Waals surface area contributed by atoms with Crippen LogP contribution in [0.15, 0.2) is 24.3 Å². The van der Waals surface area contributed by atoms with E-state index in [4.69, 9.17) is 4.74 Å². The second-order valence-corrected chi connectivity index (χ2v) is 5.75. The van der Waals surface area contributed by atoms with Crippen LogP contribution in [0.1, 0.15) is 39.0 Å². The van der Waals surface area contributed by atoms with Crippen molar-refractivity contribution in [1.29, 1.82) is 0 Å². The first-order chi connectivity index (χ1) is 11.1. The number of likely N-dealkylation sites (N-methyl/N-ethyl adjacent to an activating group) is 1. The Balaban J connectivity index is 1.82. The lowest BCUT2D eigenvalue weighted by Gasteiger charge is -2.28. The summed E-state index contributed by atoms with van der Waals surface area (Å²) in [7, 11) is 0. The fraction of sp³-hybridized carbons (Fsp3) is 0.529. The standard InChI is InChI=1S/C17H23FN2O3/c1-2-19-16(22)17(10-3-4-11-17)20-15(21)9-12-23-14-7-5-13(18)6-8-14/h5-8H,2-4,9-12H2,1H3,(H,19,22)(H,20,21). The summed E-state index contributed by atoms with van der Waals surface area (Å²) in [4.78, 5) is 24.4.